The van der Waals surface area contributed by atoms with E-state index in [0.717, 1.165) is 29.8 Å². The van der Waals surface area contributed by atoms with Crippen molar-refractivity contribution in [3.8, 4) is 5.69 Å². The summed E-state index contributed by atoms with van der Waals surface area (Å²) in [5.74, 6) is -0.532. The maximum Gasteiger partial charge on any atom is 0.329 e. The first-order valence-corrected chi connectivity index (χ1v) is 10.7. The van der Waals surface area contributed by atoms with Gasteiger partial charge in [-0.3, -0.25) is 4.79 Å². The molecule has 3 aromatic rings. The average molecular weight is 418 g/mol. The van der Waals surface area contributed by atoms with Gasteiger partial charge in [-0.1, -0.05) is 48.5 Å². The number of hydrogen-bond acceptors (Lipinski definition) is 4. The third-order valence-corrected chi connectivity index (χ3v) is 5.58. The van der Waals surface area contributed by atoms with Crippen molar-refractivity contribution in [2.45, 2.75) is 45.2 Å². The van der Waals surface area contributed by atoms with Gasteiger partial charge in [0.25, 0.3) is 5.91 Å². The minimum absolute atomic E-state index is 0.0464. The molecule has 1 aromatic heterocycles. The number of benzene rings is 2. The molecule has 1 saturated carbocycles. The molecular formula is C25H27N3O3. The van der Waals surface area contributed by atoms with Gasteiger partial charge < -0.3 is 9.64 Å². The van der Waals surface area contributed by atoms with Crippen molar-refractivity contribution in [2.75, 3.05) is 6.61 Å². The number of rotatable bonds is 8. The van der Waals surface area contributed by atoms with Crippen LogP contribution in [0.3, 0.4) is 0 Å². The quantitative estimate of drug-likeness (QED) is 0.521. The molecule has 1 aliphatic rings. The second-order valence-corrected chi connectivity index (χ2v) is 7.79. The van der Waals surface area contributed by atoms with Crippen LogP contribution in [0.1, 0.15) is 41.4 Å². The fourth-order valence-electron chi connectivity index (χ4n) is 3.87. The van der Waals surface area contributed by atoms with Crippen LogP contribution in [-0.2, 0) is 16.0 Å². The number of nitrogens with zero attached hydrogens (tertiary/aromatic N) is 3. The van der Waals surface area contributed by atoms with Crippen molar-refractivity contribution in [1.82, 2.24) is 14.7 Å². The van der Waals surface area contributed by atoms with Crippen LogP contribution in [0.4, 0.5) is 0 Å². The summed E-state index contributed by atoms with van der Waals surface area (Å²) in [7, 11) is 0. The van der Waals surface area contributed by atoms with E-state index in [-0.39, 0.29) is 24.5 Å². The van der Waals surface area contributed by atoms with Crippen LogP contribution >= 0.6 is 0 Å². The Kier molecular flexibility index (Phi) is 6.16. The third-order valence-electron chi connectivity index (χ3n) is 5.58. The molecule has 31 heavy (non-hydrogen) atoms. The van der Waals surface area contributed by atoms with Gasteiger partial charge in [-0.15, -0.1) is 0 Å². The number of esters is 1. The molecule has 1 unspecified atom stereocenters. The maximum atomic E-state index is 13.7. The lowest BCUT2D eigenvalue weighted by atomic mass is 10.0. The topological polar surface area (TPSA) is 64.4 Å². The molecule has 0 aliphatic heterocycles. The maximum absolute atomic E-state index is 13.7. The average Bonchev–Trinajstić information content (AvgIpc) is 3.55. The van der Waals surface area contributed by atoms with Crippen molar-refractivity contribution in [3.63, 3.8) is 0 Å². The van der Waals surface area contributed by atoms with Crippen LogP contribution in [0.5, 0.6) is 0 Å². The van der Waals surface area contributed by atoms with E-state index < -0.39 is 6.04 Å². The van der Waals surface area contributed by atoms with E-state index in [9.17, 15) is 9.59 Å². The van der Waals surface area contributed by atoms with Crippen LogP contribution in [0.25, 0.3) is 5.69 Å². The first-order chi connectivity index (χ1) is 15.1. The number of carbonyl (C=O) groups is 2. The number of para-hydroxylation sites is 1. The zero-order chi connectivity index (χ0) is 21.8. The van der Waals surface area contributed by atoms with E-state index in [0.29, 0.717) is 12.0 Å². The van der Waals surface area contributed by atoms with Gasteiger partial charge in [0.15, 0.2) is 0 Å². The molecule has 0 saturated heterocycles. The second kappa shape index (κ2) is 9.16. The van der Waals surface area contributed by atoms with Gasteiger partial charge in [-0.25, -0.2) is 9.48 Å². The molecule has 1 heterocycles. The molecule has 1 fully saturated rings. The lowest BCUT2D eigenvalue weighted by Crippen LogP contribution is -2.48. The van der Waals surface area contributed by atoms with Gasteiger partial charge in [-0.05, 0) is 44.4 Å². The standard InChI is InChI=1S/C25H27N3O3/c1-3-31-25(30)23(16-19-10-6-4-7-11-19)27(20-14-15-20)24(29)22-17-26-28(18(22)2)21-12-8-5-9-13-21/h4-13,17,20,23H,3,14-16H2,1-2H3. The number of hydrogen-bond donors (Lipinski definition) is 0. The zero-order valence-electron chi connectivity index (χ0n) is 17.9. The van der Waals surface area contributed by atoms with Gasteiger partial charge >= 0.3 is 5.97 Å². The van der Waals surface area contributed by atoms with Gasteiger partial charge in [0, 0.05) is 12.5 Å². The smallest absolute Gasteiger partial charge is 0.329 e. The van der Waals surface area contributed by atoms with Gasteiger partial charge in [0.1, 0.15) is 6.04 Å². The fraction of sp³-hybridized carbons (Fsp3) is 0.320. The molecule has 4 rings (SSSR count). The van der Waals surface area contributed by atoms with Gasteiger partial charge in [0.05, 0.1) is 29.7 Å². The first-order valence-electron chi connectivity index (χ1n) is 10.7. The highest BCUT2D eigenvalue weighted by Crippen LogP contribution is 2.32. The van der Waals surface area contributed by atoms with E-state index in [1.807, 2.05) is 67.6 Å². The monoisotopic (exact) mass is 417 g/mol. The predicted octanol–water partition coefficient (Wildman–Crippen LogP) is 3.96. The Morgan fingerprint density at radius 3 is 2.35 bits per heavy atom. The molecule has 0 radical (unpaired) electrons. The van der Waals surface area contributed by atoms with E-state index in [1.54, 1.807) is 22.7 Å². The summed E-state index contributed by atoms with van der Waals surface area (Å²) in [5.41, 5.74) is 3.15. The van der Waals surface area contributed by atoms with Crippen molar-refractivity contribution >= 4 is 11.9 Å². The largest absolute Gasteiger partial charge is 0.464 e. The Morgan fingerprint density at radius 1 is 1.10 bits per heavy atom. The zero-order valence-corrected chi connectivity index (χ0v) is 17.9. The Labute approximate surface area is 182 Å². The molecular weight excluding hydrogens is 390 g/mol. The summed E-state index contributed by atoms with van der Waals surface area (Å²) in [6.45, 7) is 3.95. The minimum Gasteiger partial charge on any atom is -0.464 e. The van der Waals surface area contributed by atoms with Gasteiger partial charge in [-0.2, -0.15) is 5.10 Å². The van der Waals surface area contributed by atoms with E-state index in [1.165, 1.54) is 0 Å². The summed E-state index contributed by atoms with van der Waals surface area (Å²) >= 11 is 0. The highest BCUT2D eigenvalue weighted by molar-refractivity contribution is 5.98. The van der Waals surface area contributed by atoms with Crippen molar-refractivity contribution in [1.29, 1.82) is 0 Å². The highest BCUT2D eigenvalue weighted by Gasteiger charge is 2.42. The number of carbonyl (C=O) groups excluding carboxylic acids is 2. The van der Waals surface area contributed by atoms with Crippen LogP contribution < -0.4 is 0 Å². The van der Waals surface area contributed by atoms with Crippen LogP contribution in [-0.4, -0.2) is 45.2 Å². The summed E-state index contributed by atoms with van der Waals surface area (Å²) in [5, 5.41) is 4.45. The fourth-order valence-corrected chi connectivity index (χ4v) is 3.87. The van der Waals surface area contributed by atoms with Crippen LogP contribution in [0, 0.1) is 6.92 Å². The lowest BCUT2D eigenvalue weighted by Gasteiger charge is -2.30. The molecule has 1 atom stereocenters. The van der Waals surface area contributed by atoms with E-state index >= 15 is 0 Å². The molecule has 0 N–H and O–H groups in total. The van der Waals surface area contributed by atoms with Crippen LogP contribution in [0.2, 0.25) is 0 Å². The van der Waals surface area contributed by atoms with E-state index in [4.69, 9.17) is 4.74 Å². The summed E-state index contributed by atoms with van der Waals surface area (Å²) in [6.07, 6.45) is 3.81. The number of amides is 1. The first kappa shape index (κ1) is 20.8. The lowest BCUT2D eigenvalue weighted by molar-refractivity contribution is -0.148. The molecule has 0 spiro atoms. The molecule has 6 heteroatoms. The molecule has 1 aliphatic carbocycles. The Balaban J connectivity index is 1.67. The third kappa shape index (κ3) is 4.53. The highest BCUT2D eigenvalue weighted by atomic mass is 16.5. The van der Waals surface area contributed by atoms with Crippen molar-refractivity contribution in [2.24, 2.45) is 0 Å². The molecule has 6 nitrogen and oxygen atoms in total. The van der Waals surface area contributed by atoms with Gasteiger partial charge in [0.2, 0.25) is 0 Å². The second-order valence-electron chi connectivity index (χ2n) is 7.79. The molecule has 2 aromatic carbocycles. The molecule has 0 bridgehead atoms. The summed E-state index contributed by atoms with van der Waals surface area (Å²) < 4.78 is 7.13. The Morgan fingerprint density at radius 2 is 1.74 bits per heavy atom. The summed E-state index contributed by atoms with van der Waals surface area (Å²) in [4.78, 5) is 28.4. The number of ether oxygens (including phenoxy) is 1. The molecule has 1 amide bonds. The summed E-state index contributed by atoms with van der Waals surface area (Å²) in [6, 6.07) is 18.9. The SMILES string of the molecule is CCOC(=O)C(Cc1ccccc1)N(C(=O)c1cnn(-c2ccccc2)c1C)C1CC1. The number of aromatic nitrogens is 2. The normalized spacial score (nSPS) is 14.1. The van der Waals surface area contributed by atoms with E-state index in [2.05, 4.69) is 5.10 Å². The Hall–Kier alpha value is -3.41. The Bertz CT molecular complexity index is 1040. The van der Waals surface area contributed by atoms with Crippen LogP contribution in [0.15, 0.2) is 66.9 Å². The minimum atomic E-state index is -0.665. The molecule has 160 valence electrons. The van der Waals surface area contributed by atoms with Crippen molar-refractivity contribution < 1.29 is 14.3 Å². The van der Waals surface area contributed by atoms with Crippen molar-refractivity contribution in [3.05, 3.63) is 83.7 Å². The predicted molar refractivity (Wildman–Crippen MR) is 118 cm³/mol.